The number of aliphatic hydroxyl groups is 2. The number of hydrogen-bond acceptors (Lipinski definition) is 6. The van der Waals surface area contributed by atoms with Crippen molar-refractivity contribution in [1.29, 1.82) is 0 Å². The zero-order chi connectivity index (χ0) is 20.4. The molecule has 29 heavy (non-hydrogen) atoms. The molecule has 8 heteroatoms. The van der Waals surface area contributed by atoms with Crippen LogP contribution in [0.2, 0.25) is 0 Å². The van der Waals surface area contributed by atoms with Crippen LogP contribution in [0.5, 0.6) is 6.01 Å². The van der Waals surface area contributed by atoms with E-state index in [9.17, 15) is 14.6 Å². The van der Waals surface area contributed by atoms with Crippen LogP contribution >= 0.6 is 0 Å². The quantitative estimate of drug-likeness (QED) is 0.686. The molecule has 0 radical (unpaired) electrons. The standard InChI is InChI=1S/C21H23FN4O3/c1-29-20-23-11-8-17(25-20)19-18(14-2-4-15(22)5-3-14)24-13-26(19)16-6-9-21(28,12-27)10-7-16/h2-5,8,11,13,16,27-28H,6-7,9-10,12H2,1H3. The molecule has 3 aromatic rings. The van der Waals surface area contributed by atoms with Gasteiger partial charge in [0.25, 0.3) is 0 Å². The van der Waals surface area contributed by atoms with Crippen molar-refractivity contribution >= 4 is 0 Å². The number of nitrogens with zero attached hydrogens (tertiary/aromatic N) is 4. The highest BCUT2D eigenvalue weighted by molar-refractivity contribution is 5.77. The molecule has 4 rings (SSSR count). The third-order valence-electron chi connectivity index (χ3n) is 5.54. The summed E-state index contributed by atoms with van der Waals surface area (Å²) in [5.74, 6) is -0.311. The first kappa shape index (κ1) is 19.5. The second kappa shape index (κ2) is 7.88. The summed E-state index contributed by atoms with van der Waals surface area (Å²) in [5.41, 5.74) is 1.89. The second-order valence-electron chi connectivity index (χ2n) is 7.40. The Bertz CT molecular complexity index is 982. The van der Waals surface area contributed by atoms with Crippen LogP contribution in [0.1, 0.15) is 31.7 Å². The van der Waals surface area contributed by atoms with Crippen molar-refractivity contribution < 1.29 is 19.3 Å². The smallest absolute Gasteiger partial charge is 0.316 e. The molecule has 0 atom stereocenters. The van der Waals surface area contributed by atoms with Gasteiger partial charge >= 0.3 is 6.01 Å². The summed E-state index contributed by atoms with van der Waals surface area (Å²) in [4.78, 5) is 13.2. The van der Waals surface area contributed by atoms with Gasteiger partial charge in [0, 0.05) is 17.8 Å². The summed E-state index contributed by atoms with van der Waals surface area (Å²) in [5, 5.41) is 19.8. The molecule has 0 spiro atoms. The third kappa shape index (κ3) is 3.86. The Morgan fingerprint density at radius 1 is 1.17 bits per heavy atom. The molecule has 2 N–H and O–H groups in total. The van der Waals surface area contributed by atoms with Crippen molar-refractivity contribution in [2.45, 2.75) is 37.3 Å². The molecule has 1 aliphatic carbocycles. The minimum Gasteiger partial charge on any atom is -0.467 e. The number of methoxy groups -OCH3 is 1. The largest absolute Gasteiger partial charge is 0.467 e. The Labute approximate surface area is 167 Å². The molecule has 7 nitrogen and oxygen atoms in total. The zero-order valence-electron chi connectivity index (χ0n) is 16.1. The first-order valence-electron chi connectivity index (χ1n) is 9.56. The molecule has 0 saturated heterocycles. The fourth-order valence-electron chi connectivity index (χ4n) is 3.86. The third-order valence-corrected chi connectivity index (χ3v) is 5.54. The second-order valence-corrected chi connectivity index (χ2v) is 7.40. The maximum absolute atomic E-state index is 13.4. The minimum atomic E-state index is -1.02. The first-order chi connectivity index (χ1) is 14.0. The normalized spacial score (nSPS) is 21.9. The predicted octanol–water partition coefficient (Wildman–Crippen LogP) is 2.99. The van der Waals surface area contributed by atoms with Crippen molar-refractivity contribution in [2.24, 2.45) is 0 Å². The summed E-state index contributed by atoms with van der Waals surface area (Å²) in [6.07, 6.45) is 5.79. The molecule has 1 fully saturated rings. The van der Waals surface area contributed by atoms with Gasteiger partial charge in [0.1, 0.15) is 5.82 Å². The fourth-order valence-corrected chi connectivity index (χ4v) is 3.86. The number of rotatable bonds is 5. The summed E-state index contributed by atoms with van der Waals surface area (Å²) in [6, 6.07) is 8.32. The zero-order valence-corrected chi connectivity index (χ0v) is 16.1. The van der Waals surface area contributed by atoms with Gasteiger partial charge in [-0.25, -0.2) is 14.4 Å². The fraction of sp³-hybridized carbons (Fsp3) is 0.381. The van der Waals surface area contributed by atoms with Gasteiger partial charge in [-0.2, -0.15) is 4.98 Å². The van der Waals surface area contributed by atoms with Crippen LogP contribution in [0.4, 0.5) is 4.39 Å². The van der Waals surface area contributed by atoms with Gasteiger partial charge < -0.3 is 19.5 Å². The van der Waals surface area contributed by atoms with Crippen LogP contribution < -0.4 is 4.74 Å². The van der Waals surface area contributed by atoms with E-state index < -0.39 is 5.60 Å². The Hall–Kier alpha value is -2.84. The lowest BCUT2D eigenvalue weighted by molar-refractivity contribution is -0.0501. The van der Waals surface area contributed by atoms with Crippen LogP contribution in [-0.4, -0.2) is 49.0 Å². The summed E-state index contributed by atoms with van der Waals surface area (Å²) in [6.45, 7) is -0.236. The highest BCUT2D eigenvalue weighted by atomic mass is 19.1. The van der Waals surface area contributed by atoms with E-state index in [1.165, 1.54) is 19.2 Å². The lowest BCUT2D eigenvalue weighted by Crippen LogP contribution is -2.38. The van der Waals surface area contributed by atoms with E-state index in [1.807, 2.05) is 0 Å². The van der Waals surface area contributed by atoms with E-state index in [0.29, 0.717) is 37.1 Å². The number of aliphatic hydroxyl groups excluding tert-OH is 1. The highest BCUT2D eigenvalue weighted by Crippen LogP contribution is 2.39. The van der Waals surface area contributed by atoms with Gasteiger partial charge in [0.05, 0.1) is 42.7 Å². The van der Waals surface area contributed by atoms with Gasteiger partial charge in [-0.3, -0.25) is 0 Å². The van der Waals surface area contributed by atoms with Crippen LogP contribution in [0.3, 0.4) is 0 Å². The Balaban J connectivity index is 1.78. The average molecular weight is 398 g/mol. The summed E-state index contributed by atoms with van der Waals surface area (Å²) in [7, 11) is 1.51. The molecule has 0 unspecified atom stereocenters. The monoisotopic (exact) mass is 398 g/mol. The molecule has 0 bridgehead atoms. The predicted molar refractivity (Wildman–Crippen MR) is 105 cm³/mol. The molecular formula is C21H23FN4O3. The molecule has 152 valence electrons. The Morgan fingerprint density at radius 2 is 1.90 bits per heavy atom. The molecule has 2 heterocycles. The van der Waals surface area contributed by atoms with Gasteiger partial charge in [-0.15, -0.1) is 0 Å². The molecular weight excluding hydrogens is 375 g/mol. The van der Waals surface area contributed by atoms with Crippen LogP contribution in [0, 0.1) is 5.82 Å². The minimum absolute atomic E-state index is 0.0967. The van der Waals surface area contributed by atoms with Gasteiger partial charge in [-0.05, 0) is 56.0 Å². The van der Waals surface area contributed by atoms with Crippen molar-refractivity contribution in [1.82, 2.24) is 19.5 Å². The number of hydrogen-bond donors (Lipinski definition) is 2. The van der Waals surface area contributed by atoms with Gasteiger partial charge in [0.2, 0.25) is 0 Å². The topological polar surface area (TPSA) is 93.3 Å². The van der Waals surface area contributed by atoms with Crippen LogP contribution in [0.15, 0.2) is 42.9 Å². The maximum Gasteiger partial charge on any atom is 0.316 e. The SMILES string of the molecule is COc1nccc(-c2c(-c3ccc(F)cc3)ncn2C2CCC(O)(CO)CC2)n1. The number of benzene rings is 1. The number of ether oxygens (including phenoxy) is 1. The van der Waals surface area contributed by atoms with Crippen molar-refractivity contribution in [2.75, 3.05) is 13.7 Å². The van der Waals surface area contributed by atoms with Crippen molar-refractivity contribution in [3.05, 3.63) is 48.7 Å². The lowest BCUT2D eigenvalue weighted by atomic mass is 9.82. The van der Waals surface area contributed by atoms with Gasteiger partial charge in [-0.1, -0.05) is 0 Å². The van der Waals surface area contributed by atoms with Crippen LogP contribution in [0.25, 0.3) is 22.6 Å². The Kier molecular flexibility index (Phi) is 5.29. The maximum atomic E-state index is 13.4. The van der Waals surface area contributed by atoms with E-state index in [1.54, 1.807) is 30.7 Å². The lowest BCUT2D eigenvalue weighted by Gasteiger charge is -2.35. The number of imidazole rings is 1. The first-order valence-corrected chi connectivity index (χ1v) is 9.56. The van der Waals surface area contributed by atoms with E-state index in [4.69, 9.17) is 4.74 Å². The van der Waals surface area contributed by atoms with Gasteiger partial charge in [0.15, 0.2) is 0 Å². The molecule has 0 amide bonds. The highest BCUT2D eigenvalue weighted by Gasteiger charge is 2.34. The molecule has 1 aromatic carbocycles. The summed E-state index contributed by atoms with van der Waals surface area (Å²) >= 11 is 0. The van der Waals surface area contributed by atoms with E-state index in [2.05, 4.69) is 19.5 Å². The van der Waals surface area contributed by atoms with Crippen LogP contribution in [-0.2, 0) is 0 Å². The number of halogens is 1. The Morgan fingerprint density at radius 3 is 2.55 bits per heavy atom. The molecule has 1 saturated carbocycles. The average Bonchev–Trinajstić information content (AvgIpc) is 3.20. The van der Waals surface area contributed by atoms with Crippen molar-refractivity contribution in [3.8, 4) is 28.7 Å². The summed E-state index contributed by atoms with van der Waals surface area (Å²) < 4.78 is 20.7. The molecule has 1 aliphatic rings. The molecule has 2 aromatic heterocycles. The van der Waals surface area contributed by atoms with E-state index in [0.717, 1.165) is 11.3 Å². The molecule has 0 aliphatic heterocycles. The van der Waals surface area contributed by atoms with E-state index >= 15 is 0 Å². The number of aromatic nitrogens is 4. The van der Waals surface area contributed by atoms with Crippen molar-refractivity contribution in [3.63, 3.8) is 0 Å². The van der Waals surface area contributed by atoms with E-state index in [-0.39, 0.29) is 24.5 Å².